The van der Waals surface area contributed by atoms with Crippen molar-refractivity contribution < 1.29 is 23.5 Å². The molecule has 2 rings (SSSR count). The summed E-state index contributed by atoms with van der Waals surface area (Å²) < 4.78 is 15.1. The van der Waals surface area contributed by atoms with Gasteiger partial charge in [-0.15, -0.1) is 0 Å². The van der Waals surface area contributed by atoms with Gasteiger partial charge in [0.2, 0.25) is 23.6 Å². The molecule has 0 aliphatic heterocycles. The van der Waals surface area contributed by atoms with E-state index in [0.29, 0.717) is 17.3 Å². The van der Waals surface area contributed by atoms with Gasteiger partial charge in [-0.1, -0.05) is 0 Å². The van der Waals surface area contributed by atoms with Gasteiger partial charge in [-0.3, -0.25) is 9.59 Å². The number of rotatable bonds is 7. The summed E-state index contributed by atoms with van der Waals surface area (Å²) in [6, 6.07) is 6.60. The van der Waals surface area contributed by atoms with Crippen LogP contribution in [0.3, 0.4) is 0 Å². The van der Waals surface area contributed by atoms with Gasteiger partial charge in [0, 0.05) is 12.1 Å². The van der Waals surface area contributed by atoms with E-state index >= 15 is 0 Å². The van der Waals surface area contributed by atoms with Crippen LogP contribution in [0.15, 0.2) is 41.0 Å². The van der Waals surface area contributed by atoms with Gasteiger partial charge in [-0.05, 0) is 24.3 Å². The molecule has 0 unspecified atom stereocenters. The molecule has 0 fully saturated rings. The highest BCUT2D eigenvalue weighted by molar-refractivity contribution is 5.98. The first-order chi connectivity index (χ1) is 11.6. The third kappa shape index (κ3) is 4.87. The number of furan rings is 1. The lowest BCUT2D eigenvalue weighted by Gasteiger charge is -2.10. The van der Waals surface area contributed by atoms with E-state index < -0.39 is 11.8 Å². The van der Waals surface area contributed by atoms with Crippen molar-refractivity contribution in [2.75, 3.05) is 26.1 Å². The maximum atomic E-state index is 11.9. The molecule has 24 heavy (non-hydrogen) atoms. The fourth-order valence-electron chi connectivity index (χ4n) is 1.75. The van der Waals surface area contributed by atoms with E-state index in [9.17, 15) is 9.59 Å². The van der Waals surface area contributed by atoms with Gasteiger partial charge in [-0.2, -0.15) is 4.98 Å². The Kier molecular flexibility index (Phi) is 5.95. The number of aromatic nitrogens is 1. The Hall–Kier alpha value is -3.29. The number of carbonyl (C=O) groups is 2. The SMILES string of the molecule is COc1ccc(NC(=O)CNC(=O)C=Cc2ccco2)c(OC)n1. The van der Waals surface area contributed by atoms with Crippen molar-refractivity contribution in [1.29, 1.82) is 0 Å². The Balaban J connectivity index is 1.86. The predicted molar refractivity (Wildman–Crippen MR) is 86.7 cm³/mol. The third-order valence-electron chi connectivity index (χ3n) is 2.88. The lowest BCUT2D eigenvalue weighted by molar-refractivity contribution is -0.121. The van der Waals surface area contributed by atoms with Crippen LogP contribution in [-0.2, 0) is 9.59 Å². The first-order valence-corrected chi connectivity index (χ1v) is 7.00. The molecule has 0 atom stereocenters. The minimum atomic E-state index is -0.417. The minimum absolute atomic E-state index is 0.198. The summed E-state index contributed by atoms with van der Waals surface area (Å²) >= 11 is 0. The average Bonchev–Trinajstić information content (AvgIpc) is 3.12. The number of pyridine rings is 1. The van der Waals surface area contributed by atoms with Gasteiger partial charge >= 0.3 is 0 Å². The standard InChI is InChI=1S/C16H17N3O5/c1-22-15-8-6-12(16(19-15)23-2)18-14(21)10-17-13(20)7-5-11-4-3-9-24-11/h3-9H,10H2,1-2H3,(H,17,20)(H,18,21). The van der Waals surface area contributed by atoms with Crippen molar-refractivity contribution in [3.8, 4) is 11.8 Å². The van der Waals surface area contributed by atoms with Crippen LogP contribution in [0.4, 0.5) is 5.69 Å². The lowest BCUT2D eigenvalue weighted by atomic mass is 10.3. The van der Waals surface area contributed by atoms with Crippen LogP contribution in [0.5, 0.6) is 11.8 Å². The molecule has 2 N–H and O–H groups in total. The first kappa shape index (κ1) is 17.1. The van der Waals surface area contributed by atoms with Crippen LogP contribution in [0.1, 0.15) is 5.76 Å². The van der Waals surface area contributed by atoms with Crippen LogP contribution in [0, 0.1) is 0 Å². The zero-order valence-electron chi connectivity index (χ0n) is 13.2. The second-order valence-electron chi connectivity index (χ2n) is 4.53. The molecule has 0 aromatic carbocycles. The van der Waals surface area contributed by atoms with Crippen molar-refractivity contribution in [2.45, 2.75) is 0 Å². The number of nitrogens with zero attached hydrogens (tertiary/aromatic N) is 1. The molecule has 8 heteroatoms. The summed E-state index contributed by atoms with van der Waals surface area (Å²) in [4.78, 5) is 27.6. The molecule has 0 radical (unpaired) electrons. The molecule has 0 saturated carbocycles. The zero-order chi connectivity index (χ0) is 17.4. The number of hydrogen-bond donors (Lipinski definition) is 2. The molecule has 0 spiro atoms. The maximum absolute atomic E-state index is 11.9. The fourth-order valence-corrected chi connectivity index (χ4v) is 1.75. The molecule has 2 aromatic rings. The van der Waals surface area contributed by atoms with Crippen LogP contribution in [-0.4, -0.2) is 37.6 Å². The topological polar surface area (TPSA) is 103 Å². The third-order valence-corrected chi connectivity index (χ3v) is 2.88. The quantitative estimate of drug-likeness (QED) is 0.745. The number of nitrogens with one attached hydrogen (secondary N) is 2. The largest absolute Gasteiger partial charge is 0.481 e. The summed E-state index contributed by atoms with van der Waals surface area (Å²) in [5.74, 6) is 0.290. The highest BCUT2D eigenvalue weighted by atomic mass is 16.5. The number of carbonyl (C=O) groups excluding carboxylic acids is 2. The van der Waals surface area contributed by atoms with Crippen molar-refractivity contribution >= 4 is 23.6 Å². The predicted octanol–water partition coefficient (Wildman–Crippen LogP) is 1.46. The Labute approximate surface area is 138 Å². The molecule has 2 amide bonds. The molecular formula is C16H17N3O5. The number of hydrogen-bond acceptors (Lipinski definition) is 6. The van der Waals surface area contributed by atoms with E-state index in [2.05, 4.69) is 15.6 Å². The van der Waals surface area contributed by atoms with Crippen molar-refractivity contribution in [1.82, 2.24) is 10.3 Å². The number of amides is 2. The van der Waals surface area contributed by atoms with Crippen LogP contribution in [0.2, 0.25) is 0 Å². The smallest absolute Gasteiger partial charge is 0.244 e. The fraction of sp³-hybridized carbons (Fsp3) is 0.188. The van der Waals surface area contributed by atoms with Gasteiger partial charge in [0.25, 0.3) is 0 Å². The second-order valence-corrected chi connectivity index (χ2v) is 4.53. The minimum Gasteiger partial charge on any atom is -0.481 e. The van der Waals surface area contributed by atoms with Gasteiger partial charge in [0.05, 0.1) is 27.0 Å². The molecule has 2 heterocycles. The normalized spacial score (nSPS) is 10.4. The summed E-state index contributed by atoms with van der Waals surface area (Å²) in [5.41, 5.74) is 0.378. The van der Waals surface area contributed by atoms with Crippen molar-refractivity contribution in [2.24, 2.45) is 0 Å². The number of anilines is 1. The van der Waals surface area contributed by atoms with Crippen LogP contribution in [0.25, 0.3) is 6.08 Å². The molecule has 0 bridgehead atoms. The van der Waals surface area contributed by atoms with Gasteiger partial charge < -0.3 is 24.5 Å². The van der Waals surface area contributed by atoms with E-state index in [1.807, 2.05) is 0 Å². The van der Waals surface area contributed by atoms with Crippen molar-refractivity contribution in [3.05, 3.63) is 42.4 Å². The Bertz CT molecular complexity index is 725. The molecular weight excluding hydrogens is 314 g/mol. The second kappa shape index (κ2) is 8.37. The molecule has 8 nitrogen and oxygen atoms in total. The van der Waals surface area contributed by atoms with Gasteiger partial charge in [0.1, 0.15) is 11.4 Å². The number of methoxy groups -OCH3 is 2. The maximum Gasteiger partial charge on any atom is 0.244 e. The van der Waals surface area contributed by atoms with E-state index in [4.69, 9.17) is 13.9 Å². The average molecular weight is 331 g/mol. The van der Waals surface area contributed by atoms with Gasteiger partial charge in [0.15, 0.2) is 0 Å². The summed E-state index contributed by atoms with van der Waals surface area (Å²) in [5, 5.41) is 5.06. The first-order valence-electron chi connectivity index (χ1n) is 7.00. The summed E-state index contributed by atoms with van der Waals surface area (Å²) in [7, 11) is 2.91. The number of ether oxygens (including phenoxy) is 2. The Morgan fingerprint density at radius 2 is 2.08 bits per heavy atom. The van der Waals surface area contributed by atoms with E-state index in [0.717, 1.165) is 0 Å². The molecule has 0 aliphatic rings. The van der Waals surface area contributed by atoms with E-state index in [1.54, 1.807) is 24.3 Å². The van der Waals surface area contributed by atoms with Gasteiger partial charge in [-0.25, -0.2) is 0 Å². The molecule has 2 aromatic heterocycles. The van der Waals surface area contributed by atoms with Crippen LogP contribution < -0.4 is 20.1 Å². The monoisotopic (exact) mass is 331 g/mol. The highest BCUT2D eigenvalue weighted by Gasteiger charge is 2.10. The Morgan fingerprint density at radius 3 is 2.75 bits per heavy atom. The summed E-state index contributed by atoms with van der Waals surface area (Å²) in [6.07, 6.45) is 4.28. The molecule has 0 saturated heterocycles. The summed E-state index contributed by atoms with van der Waals surface area (Å²) in [6.45, 7) is -0.198. The molecule has 0 aliphatic carbocycles. The highest BCUT2D eigenvalue weighted by Crippen LogP contribution is 2.24. The van der Waals surface area contributed by atoms with Crippen molar-refractivity contribution in [3.63, 3.8) is 0 Å². The lowest BCUT2D eigenvalue weighted by Crippen LogP contribution is -2.31. The van der Waals surface area contributed by atoms with Crippen LogP contribution >= 0.6 is 0 Å². The van der Waals surface area contributed by atoms with E-state index in [1.165, 1.54) is 32.6 Å². The van der Waals surface area contributed by atoms with E-state index in [-0.39, 0.29) is 12.4 Å². The Morgan fingerprint density at radius 1 is 1.25 bits per heavy atom. The zero-order valence-corrected chi connectivity index (χ0v) is 13.2. The molecule has 126 valence electrons.